The molecule has 0 atom stereocenters. The summed E-state index contributed by atoms with van der Waals surface area (Å²) in [6.45, 7) is 7.53. The molecule has 0 heterocycles. The van der Waals surface area contributed by atoms with Gasteiger partial charge in [-0.15, -0.1) is 0 Å². The summed E-state index contributed by atoms with van der Waals surface area (Å²) in [6.07, 6.45) is 3.69. The van der Waals surface area contributed by atoms with Crippen LogP contribution in [0.5, 0.6) is 11.5 Å². The van der Waals surface area contributed by atoms with Crippen LogP contribution in [0, 0.1) is 0 Å². The predicted octanol–water partition coefficient (Wildman–Crippen LogP) is 2.72. The van der Waals surface area contributed by atoms with Crippen LogP contribution in [-0.4, -0.2) is 50.1 Å². The zero-order valence-electron chi connectivity index (χ0n) is 16.1. The number of hydrogen-bond donors (Lipinski definition) is 1. The van der Waals surface area contributed by atoms with Crippen molar-refractivity contribution in [1.82, 2.24) is 10.2 Å². The Hall–Kier alpha value is -2.50. The van der Waals surface area contributed by atoms with Crippen molar-refractivity contribution in [3.05, 3.63) is 29.3 Å². The van der Waals surface area contributed by atoms with Crippen molar-refractivity contribution in [2.24, 2.45) is 0 Å². The van der Waals surface area contributed by atoms with Gasteiger partial charge in [-0.05, 0) is 39.8 Å². The first kappa shape index (κ1) is 20.5. The molecule has 0 saturated heterocycles. The second-order valence-electron chi connectivity index (χ2n) is 6.76. The number of hydrogen-bond acceptors (Lipinski definition) is 4. The zero-order valence-corrected chi connectivity index (χ0v) is 16.1. The van der Waals surface area contributed by atoms with E-state index >= 15 is 0 Å². The average Bonchev–Trinajstić information content (AvgIpc) is 2.51. The first-order valence-corrected chi connectivity index (χ1v) is 8.08. The fourth-order valence-corrected chi connectivity index (χ4v) is 2.39. The van der Waals surface area contributed by atoms with Crippen LogP contribution < -0.4 is 14.8 Å². The van der Waals surface area contributed by atoms with Gasteiger partial charge < -0.3 is 19.7 Å². The molecule has 1 rings (SSSR count). The van der Waals surface area contributed by atoms with Crippen molar-refractivity contribution in [1.29, 1.82) is 0 Å². The van der Waals surface area contributed by atoms with Crippen LogP contribution in [0.3, 0.4) is 0 Å². The predicted molar refractivity (Wildman–Crippen MR) is 99.1 cm³/mol. The third-order valence-electron chi connectivity index (χ3n) is 3.34. The molecular weight excluding hydrogens is 320 g/mol. The summed E-state index contributed by atoms with van der Waals surface area (Å²) in [6, 6.07) is 3.34. The molecule has 6 heteroatoms. The minimum atomic E-state index is -0.344. The van der Waals surface area contributed by atoms with Gasteiger partial charge in [0.15, 0.2) is 11.5 Å². The van der Waals surface area contributed by atoms with Gasteiger partial charge in [0, 0.05) is 23.7 Å². The Bertz CT molecular complexity index is 660. The van der Waals surface area contributed by atoms with E-state index in [1.54, 1.807) is 26.3 Å². The maximum atomic E-state index is 12.7. The molecule has 0 bridgehead atoms. The summed E-state index contributed by atoms with van der Waals surface area (Å²) in [5.74, 6) is 0.549. The number of amides is 2. The molecular formula is C19H28N2O4. The van der Waals surface area contributed by atoms with Gasteiger partial charge in [-0.2, -0.15) is 0 Å². The number of ether oxygens (including phenoxy) is 2. The number of carbonyl (C=O) groups is 2. The molecule has 1 N–H and O–H groups in total. The SMILES string of the molecule is C/C=C\c1cc(C(=O)N(C)CC(=O)NC(C)(C)C)cc(OC)c1OC. The number of nitrogens with one attached hydrogen (secondary N) is 1. The minimum Gasteiger partial charge on any atom is -0.493 e. The highest BCUT2D eigenvalue weighted by molar-refractivity contribution is 5.97. The summed E-state index contributed by atoms with van der Waals surface area (Å²) in [5.41, 5.74) is 0.820. The van der Waals surface area contributed by atoms with Crippen LogP contribution in [0.15, 0.2) is 18.2 Å². The van der Waals surface area contributed by atoms with Crippen LogP contribution in [0.2, 0.25) is 0 Å². The number of rotatable bonds is 6. The monoisotopic (exact) mass is 348 g/mol. The van der Waals surface area contributed by atoms with E-state index < -0.39 is 0 Å². The first-order chi connectivity index (χ1) is 11.6. The Labute approximate surface area is 149 Å². The van der Waals surface area contributed by atoms with Gasteiger partial charge in [0.2, 0.25) is 5.91 Å². The van der Waals surface area contributed by atoms with E-state index in [0.717, 1.165) is 5.56 Å². The van der Waals surface area contributed by atoms with Crippen molar-refractivity contribution in [3.63, 3.8) is 0 Å². The van der Waals surface area contributed by atoms with Gasteiger partial charge in [0.25, 0.3) is 5.91 Å². The van der Waals surface area contributed by atoms with E-state index in [0.29, 0.717) is 17.1 Å². The molecule has 6 nitrogen and oxygen atoms in total. The van der Waals surface area contributed by atoms with Crippen molar-refractivity contribution < 1.29 is 19.1 Å². The first-order valence-electron chi connectivity index (χ1n) is 8.08. The van der Waals surface area contributed by atoms with E-state index in [4.69, 9.17) is 9.47 Å². The molecule has 0 saturated carbocycles. The fourth-order valence-electron chi connectivity index (χ4n) is 2.39. The lowest BCUT2D eigenvalue weighted by Crippen LogP contribution is -2.46. The van der Waals surface area contributed by atoms with Crippen molar-refractivity contribution >= 4 is 17.9 Å². The molecule has 0 aliphatic carbocycles. The van der Waals surface area contributed by atoms with Crippen LogP contribution in [-0.2, 0) is 4.79 Å². The summed E-state index contributed by atoms with van der Waals surface area (Å²) >= 11 is 0. The molecule has 0 spiro atoms. The maximum Gasteiger partial charge on any atom is 0.254 e. The normalized spacial score (nSPS) is 11.3. The van der Waals surface area contributed by atoms with Gasteiger partial charge in [-0.3, -0.25) is 9.59 Å². The molecule has 138 valence electrons. The standard InChI is InChI=1S/C19H28N2O4/c1-8-9-13-10-14(11-15(24-6)17(13)25-7)18(23)21(5)12-16(22)20-19(2,3)4/h8-11H,12H2,1-7H3,(H,20,22)/b9-8-. The van der Waals surface area contributed by atoms with Crippen LogP contribution in [0.4, 0.5) is 0 Å². The van der Waals surface area contributed by atoms with Gasteiger partial charge in [0.1, 0.15) is 0 Å². The van der Waals surface area contributed by atoms with Crippen molar-refractivity contribution in [2.45, 2.75) is 33.2 Å². The number of likely N-dealkylation sites (N-methyl/N-ethyl adjacent to an activating group) is 1. The number of benzene rings is 1. The number of nitrogens with zero attached hydrogens (tertiary/aromatic N) is 1. The van der Waals surface area contributed by atoms with Gasteiger partial charge in [0.05, 0.1) is 20.8 Å². The summed E-state index contributed by atoms with van der Waals surface area (Å²) in [5, 5.41) is 2.84. The topological polar surface area (TPSA) is 67.9 Å². The van der Waals surface area contributed by atoms with E-state index in [1.165, 1.54) is 12.0 Å². The Balaban J connectivity index is 3.08. The Kier molecular flexibility index (Phi) is 7.03. The largest absolute Gasteiger partial charge is 0.493 e. The van der Waals surface area contributed by atoms with Gasteiger partial charge in [-0.1, -0.05) is 12.2 Å². The van der Waals surface area contributed by atoms with Crippen molar-refractivity contribution in [2.75, 3.05) is 27.8 Å². The number of methoxy groups -OCH3 is 2. The fraction of sp³-hybridized carbons (Fsp3) is 0.474. The third-order valence-corrected chi connectivity index (χ3v) is 3.34. The summed E-state index contributed by atoms with van der Waals surface area (Å²) < 4.78 is 10.7. The van der Waals surface area contributed by atoms with Crippen LogP contribution in [0.25, 0.3) is 6.08 Å². The molecule has 0 unspecified atom stereocenters. The van der Waals surface area contributed by atoms with Crippen LogP contribution >= 0.6 is 0 Å². The Morgan fingerprint density at radius 1 is 1.20 bits per heavy atom. The highest BCUT2D eigenvalue weighted by Crippen LogP contribution is 2.33. The molecule has 0 fully saturated rings. The maximum absolute atomic E-state index is 12.7. The highest BCUT2D eigenvalue weighted by atomic mass is 16.5. The van der Waals surface area contributed by atoms with E-state index in [9.17, 15) is 9.59 Å². The van der Waals surface area contributed by atoms with Gasteiger partial charge in [-0.25, -0.2) is 0 Å². The van der Waals surface area contributed by atoms with Crippen molar-refractivity contribution in [3.8, 4) is 11.5 Å². The molecule has 0 aliphatic heterocycles. The van der Waals surface area contributed by atoms with E-state index in [2.05, 4.69) is 5.32 Å². The quantitative estimate of drug-likeness (QED) is 0.858. The van der Waals surface area contributed by atoms with Gasteiger partial charge >= 0.3 is 0 Å². The second kappa shape index (κ2) is 8.55. The molecule has 1 aromatic rings. The highest BCUT2D eigenvalue weighted by Gasteiger charge is 2.21. The average molecular weight is 348 g/mol. The molecule has 0 radical (unpaired) electrons. The molecule has 2 amide bonds. The molecule has 25 heavy (non-hydrogen) atoms. The van der Waals surface area contributed by atoms with Crippen LogP contribution in [0.1, 0.15) is 43.6 Å². The second-order valence-corrected chi connectivity index (χ2v) is 6.76. The summed E-state index contributed by atoms with van der Waals surface area (Å²) in [4.78, 5) is 26.1. The van der Waals surface area contributed by atoms with E-state index in [1.807, 2.05) is 39.8 Å². The zero-order chi connectivity index (χ0) is 19.2. The number of carbonyl (C=O) groups excluding carboxylic acids is 2. The van der Waals surface area contributed by atoms with E-state index in [-0.39, 0.29) is 23.9 Å². The molecule has 1 aromatic carbocycles. The number of allylic oxidation sites excluding steroid dienone is 1. The molecule has 0 aromatic heterocycles. The lowest BCUT2D eigenvalue weighted by molar-refractivity contribution is -0.122. The summed E-state index contributed by atoms with van der Waals surface area (Å²) in [7, 11) is 4.66. The smallest absolute Gasteiger partial charge is 0.254 e. The third kappa shape index (κ3) is 5.81. The Morgan fingerprint density at radius 3 is 2.32 bits per heavy atom. The minimum absolute atomic E-state index is 0.0244. The lowest BCUT2D eigenvalue weighted by atomic mass is 10.1. The Morgan fingerprint density at radius 2 is 1.84 bits per heavy atom. The molecule has 0 aliphatic rings. The lowest BCUT2D eigenvalue weighted by Gasteiger charge is -2.23.